The van der Waals surface area contributed by atoms with E-state index < -0.39 is 0 Å². The quantitative estimate of drug-likeness (QED) is 0.751. The summed E-state index contributed by atoms with van der Waals surface area (Å²) in [5, 5.41) is 0. The number of benzene rings is 1. The molecule has 0 saturated carbocycles. The highest BCUT2D eigenvalue weighted by Gasteiger charge is 2.16. The standard InChI is InChI=1S/C15H15N3O/c16-8-13(11-4-2-1-3-5-11)15-17-9-14(18-15)12-6-7-19-10-12/h1-7,9-10,13H,8,16H2,(H,17,18). The van der Waals surface area contributed by atoms with Gasteiger partial charge in [-0.3, -0.25) is 0 Å². The number of imidazole rings is 1. The molecule has 96 valence electrons. The first kappa shape index (κ1) is 11.7. The molecule has 2 heterocycles. The van der Waals surface area contributed by atoms with E-state index in [1.165, 1.54) is 0 Å². The molecule has 0 spiro atoms. The molecule has 1 unspecified atom stereocenters. The van der Waals surface area contributed by atoms with Crippen LogP contribution in [0.5, 0.6) is 0 Å². The van der Waals surface area contributed by atoms with Crippen LogP contribution < -0.4 is 5.73 Å². The van der Waals surface area contributed by atoms with Crippen LogP contribution in [0.1, 0.15) is 17.3 Å². The van der Waals surface area contributed by atoms with Crippen LogP contribution >= 0.6 is 0 Å². The van der Waals surface area contributed by atoms with Gasteiger partial charge in [0.05, 0.1) is 30.3 Å². The molecule has 4 nitrogen and oxygen atoms in total. The zero-order chi connectivity index (χ0) is 13.1. The summed E-state index contributed by atoms with van der Waals surface area (Å²) in [6, 6.07) is 12.1. The van der Waals surface area contributed by atoms with E-state index >= 15 is 0 Å². The highest BCUT2D eigenvalue weighted by molar-refractivity contribution is 5.56. The fourth-order valence-electron chi connectivity index (χ4n) is 2.17. The van der Waals surface area contributed by atoms with Crippen LogP contribution in [0.15, 0.2) is 59.5 Å². The summed E-state index contributed by atoms with van der Waals surface area (Å²) >= 11 is 0. The zero-order valence-electron chi connectivity index (χ0n) is 10.4. The van der Waals surface area contributed by atoms with Gasteiger partial charge in [-0.05, 0) is 11.6 Å². The van der Waals surface area contributed by atoms with Crippen molar-refractivity contribution in [2.45, 2.75) is 5.92 Å². The minimum Gasteiger partial charge on any atom is -0.472 e. The predicted molar refractivity (Wildman–Crippen MR) is 73.6 cm³/mol. The highest BCUT2D eigenvalue weighted by Crippen LogP contribution is 2.24. The summed E-state index contributed by atoms with van der Waals surface area (Å²) in [6.45, 7) is 0.516. The van der Waals surface area contributed by atoms with Crippen molar-refractivity contribution in [2.75, 3.05) is 6.54 Å². The molecule has 0 fully saturated rings. The molecule has 1 aromatic carbocycles. The second kappa shape index (κ2) is 5.12. The van der Waals surface area contributed by atoms with Crippen LogP contribution in [0, 0.1) is 0 Å². The van der Waals surface area contributed by atoms with Gasteiger partial charge < -0.3 is 15.1 Å². The van der Waals surface area contributed by atoms with E-state index in [1.54, 1.807) is 12.5 Å². The van der Waals surface area contributed by atoms with Gasteiger partial charge in [-0.15, -0.1) is 0 Å². The smallest absolute Gasteiger partial charge is 0.115 e. The Morgan fingerprint density at radius 3 is 2.74 bits per heavy atom. The van der Waals surface area contributed by atoms with Gasteiger partial charge in [0.25, 0.3) is 0 Å². The van der Waals surface area contributed by atoms with Crippen LogP contribution in [0.4, 0.5) is 0 Å². The van der Waals surface area contributed by atoms with Crippen molar-refractivity contribution in [2.24, 2.45) is 5.73 Å². The van der Waals surface area contributed by atoms with Crippen molar-refractivity contribution in [1.82, 2.24) is 9.97 Å². The van der Waals surface area contributed by atoms with E-state index in [2.05, 4.69) is 22.1 Å². The maximum atomic E-state index is 5.89. The number of rotatable bonds is 4. The van der Waals surface area contributed by atoms with E-state index in [1.807, 2.05) is 30.5 Å². The predicted octanol–water partition coefficient (Wildman–Crippen LogP) is 2.76. The van der Waals surface area contributed by atoms with Gasteiger partial charge >= 0.3 is 0 Å². The lowest BCUT2D eigenvalue weighted by Crippen LogP contribution is -2.15. The molecule has 0 aliphatic heterocycles. The van der Waals surface area contributed by atoms with Crippen molar-refractivity contribution in [3.05, 3.63) is 66.5 Å². The molecular weight excluding hydrogens is 238 g/mol. The van der Waals surface area contributed by atoms with Crippen LogP contribution in [-0.2, 0) is 0 Å². The van der Waals surface area contributed by atoms with Crippen molar-refractivity contribution in [1.29, 1.82) is 0 Å². The van der Waals surface area contributed by atoms with Crippen molar-refractivity contribution >= 4 is 0 Å². The first-order chi connectivity index (χ1) is 9.38. The summed E-state index contributed by atoms with van der Waals surface area (Å²) in [5.74, 6) is 0.965. The normalized spacial score (nSPS) is 12.5. The fraction of sp³-hybridized carbons (Fsp3) is 0.133. The molecule has 3 rings (SSSR count). The average Bonchev–Trinajstić information content (AvgIpc) is 3.11. The summed E-state index contributed by atoms with van der Waals surface area (Å²) < 4.78 is 5.08. The Hall–Kier alpha value is -2.33. The molecule has 0 amide bonds. The highest BCUT2D eigenvalue weighted by atomic mass is 16.3. The minimum atomic E-state index is 0.0850. The number of aromatic nitrogens is 2. The van der Waals surface area contributed by atoms with Gasteiger partial charge in [-0.2, -0.15) is 0 Å². The number of nitrogens with zero attached hydrogens (tertiary/aromatic N) is 1. The first-order valence-corrected chi connectivity index (χ1v) is 6.21. The summed E-state index contributed by atoms with van der Waals surface area (Å²) in [6.07, 6.45) is 5.15. The van der Waals surface area contributed by atoms with Gasteiger partial charge in [-0.1, -0.05) is 30.3 Å². The Morgan fingerprint density at radius 1 is 1.21 bits per heavy atom. The van der Waals surface area contributed by atoms with Crippen molar-refractivity contribution in [3.63, 3.8) is 0 Å². The van der Waals surface area contributed by atoms with E-state index in [0.29, 0.717) is 6.54 Å². The lowest BCUT2D eigenvalue weighted by atomic mass is 9.99. The number of aromatic amines is 1. The SMILES string of the molecule is NCC(c1ccccc1)c1ncc(-c2ccoc2)[nH]1. The minimum absolute atomic E-state index is 0.0850. The number of furan rings is 1. The monoisotopic (exact) mass is 253 g/mol. The maximum absolute atomic E-state index is 5.89. The van der Waals surface area contributed by atoms with Crippen molar-refractivity contribution in [3.8, 4) is 11.3 Å². The van der Waals surface area contributed by atoms with E-state index in [4.69, 9.17) is 10.2 Å². The summed E-state index contributed by atoms with van der Waals surface area (Å²) in [5.41, 5.74) is 8.98. The van der Waals surface area contributed by atoms with Crippen LogP contribution in [0.2, 0.25) is 0 Å². The molecule has 0 saturated heterocycles. The summed E-state index contributed by atoms with van der Waals surface area (Å²) in [7, 11) is 0. The number of nitrogens with two attached hydrogens (primary N) is 1. The van der Waals surface area contributed by atoms with Gasteiger partial charge in [0, 0.05) is 12.1 Å². The van der Waals surface area contributed by atoms with Gasteiger partial charge in [0.15, 0.2) is 0 Å². The second-order valence-corrected chi connectivity index (χ2v) is 4.39. The first-order valence-electron chi connectivity index (χ1n) is 6.21. The Balaban J connectivity index is 1.93. The molecule has 19 heavy (non-hydrogen) atoms. The van der Waals surface area contributed by atoms with Crippen LogP contribution in [-0.4, -0.2) is 16.5 Å². The number of H-pyrrole nitrogens is 1. The lowest BCUT2D eigenvalue weighted by molar-refractivity contribution is 0.568. The Morgan fingerprint density at radius 2 is 2.05 bits per heavy atom. The average molecular weight is 253 g/mol. The third-order valence-electron chi connectivity index (χ3n) is 3.20. The molecule has 2 aromatic heterocycles. The fourth-order valence-corrected chi connectivity index (χ4v) is 2.17. The molecule has 0 radical (unpaired) electrons. The van der Waals surface area contributed by atoms with Crippen LogP contribution in [0.25, 0.3) is 11.3 Å². The molecule has 0 bridgehead atoms. The van der Waals surface area contributed by atoms with E-state index in [9.17, 15) is 0 Å². The number of nitrogens with one attached hydrogen (secondary N) is 1. The molecular formula is C15H15N3O. The number of hydrogen-bond acceptors (Lipinski definition) is 3. The van der Waals surface area contributed by atoms with Crippen molar-refractivity contribution < 1.29 is 4.42 Å². The molecule has 4 heteroatoms. The molecule has 3 N–H and O–H groups in total. The maximum Gasteiger partial charge on any atom is 0.115 e. The lowest BCUT2D eigenvalue weighted by Gasteiger charge is -2.12. The van der Waals surface area contributed by atoms with Gasteiger partial charge in [0.1, 0.15) is 5.82 Å². The summed E-state index contributed by atoms with van der Waals surface area (Å²) in [4.78, 5) is 7.76. The Labute approximate surface area is 111 Å². The molecule has 0 aliphatic rings. The van der Waals surface area contributed by atoms with E-state index in [0.717, 1.165) is 22.6 Å². The van der Waals surface area contributed by atoms with E-state index in [-0.39, 0.29) is 5.92 Å². The third kappa shape index (κ3) is 2.30. The zero-order valence-corrected chi connectivity index (χ0v) is 10.4. The Bertz CT molecular complexity index is 628. The topological polar surface area (TPSA) is 67.8 Å². The third-order valence-corrected chi connectivity index (χ3v) is 3.20. The molecule has 0 aliphatic carbocycles. The Kier molecular flexibility index (Phi) is 3.16. The van der Waals surface area contributed by atoms with Crippen LogP contribution in [0.3, 0.4) is 0 Å². The number of hydrogen-bond donors (Lipinski definition) is 2. The largest absolute Gasteiger partial charge is 0.472 e. The molecule has 1 atom stereocenters. The van der Waals surface area contributed by atoms with Gasteiger partial charge in [0.2, 0.25) is 0 Å². The van der Waals surface area contributed by atoms with Gasteiger partial charge in [-0.25, -0.2) is 4.98 Å². The molecule has 3 aromatic rings. The second-order valence-electron chi connectivity index (χ2n) is 4.39.